The van der Waals surface area contributed by atoms with Gasteiger partial charge in [0.15, 0.2) is 11.5 Å². The molecule has 0 radical (unpaired) electrons. The second-order valence-corrected chi connectivity index (χ2v) is 11.3. The van der Waals surface area contributed by atoms with Crippen molar-refractivity contribution in [3.05, 3.63) is 87.9 Å². The second kappa shape index (κ2) is 10.3. The van der Waals surface area contributed by atoms with E-state index in [4.69, 9.17) is 21.1 Å². The molecule has 0 aliphatic carbocycles. The Hall–Kier alpha value is -3.06. The first-order valence-corrected chi connectivity index (χ1v) is 13.4. The van der Waals surface area contributed by atoms with Crippen LogP contribution in [0, 0.1) is 5.92 Å². The molecule has 1 fully saturated rings. The van der Waals surface area contributed by atoms with Gasteiger partial charge in [-0.2, -0.15) is 0 Å². The summed E-state index contributed by atoms with van der Waals surface area (Å²) in [5.41, 5.74) is 3.53. The van der Waals surface area contributed by atoms with Crippen molar-refractivity contribution in [2.24, 2.45) is 5.92 Å². The number of nitrogens with zero attached hydrogens (tertiary/aromatic N) is 2. The Labute approximate surface area is 229 Å². The maximum atomic E-state index is 13.7. The Morgan fingerprint density at radius 2 is 1.68 bits per heavy atom. The number of aliphatic hydroxyl groups is 1. The van der Waals surface area contributed by atoms with Gasteiger partial charge in [0.1, 0.15) is 0 Å². The number of benzene rings is 3. The molecule has 1 amide bonds. The number of ether oxygens (including phenoxy) is 2. The summed E-state index contributed by atoms with van der Waals surface area (Å²) in [4.78, 5) is 17.8. The number of fused-ring (bicyclic) bond motifs is 1. The van der Waals surface area contributed by atoms with E-state index in [-0.39, 0.29) is 30.4 Å². The molecule has 7 heteroatoms. The molecule has 2 aliphatic rings. The molecule has 200 valence electrons. The van der Waals surface area contributed by atoms with Crippen molar-refractivity contribution in [1.29, 1.82) is 0 Å². The molecular weight excluding hydrogens is 500 g/mol. The first kappa shape index (κ1) is 26.5. The first-order chi connectivity index (χ1) is 18.1. The number of halogens is 1. The zero-order valence-electron chi connectivity index (χ0n) is 22.6. The van der Waals surface area contributed by atoms with E-state index < -0.39 is 5.60 Å². The van der Waals surface area contributed by atoms with Gasteiger partial charge in [-0.15, -0.1) is 0 Å². The van der Waals surface area contributed by atoms with Crippen LogP contribution in [0.3, 0.4) is 0 Å². The SMILES string of the molecule is COc1cc2c(cc1OC(C)C)C(c1ccc(Cl)cc1)N(c1ccc(C(C)(O)C3CN(C)C3)cc1)C(=O)C2. The van der Waals surface area contributed by atoms with Crippen LogP contribution in [0.1, 0.15) is 49.1 Å². The summed E-state index contributed by atoms with van der Waals surface area (Å²) in [5, 5.41) is 11.9. The molecule has 2 aliphatic heterocycles. The predicted molar refractivity (Wildman–Crippen MR) is 150 cm³/mol. The van der Waals surface area contributed by atoms with Gasteiger partial charge in [-0.3, -0.25) is 4.79 Å². The average molecular weight is 535 g/mol. The Bertz CT molecular complexity index is 1310. The minimum absolute atomic E-state index is 0.0165. The van der Waals surface area contributed by atoms with Crippen molar-refractivity contribution in [2.45, 2.75) is 44.9 Å². The number of rotatable bonds is 7. The normalized spacial score (nSPS) is 19.6. The van der Waals surface area contributed by atoms with Crippen LogP contribution < -0.4 is 14.4 Å². The summed E-state index contributed by atoms with van der Waals surface area (Å²) in [6.45, 7) is 7.55. The number of carbonyl (C=O) groups is 1. The van der Waals surface area contributed by atoms with Crippen molar-refractivity contribution in [1.82, 2.24) is 4.90 Å². The van der Waals surface area contributed by atoms with Gasteiger partial charge in [0.25, 0.3) is 0 Å². The third-order valence-corrected chi connectivity index (χ3v) is 7.98. The molecule has 3 aromatic rings. The second-order valence-electron chi connectivity index (χ2n) is 10.9. The van der Waals surface area contributed by atoms with Crippen LogP contribution in [0.25, 0.3) is 0 Å². The molecule has 0 spiro atoms. The van der Waals surface area contributed by atoms with E-state index in [2.05, 4.69) is 11.9 Å². The number of amides is 1. The molecule has 38 heavy (non-hydrogen) atoms. The van der Waals surface area contributed by atoms with E-state index in [0.29, 0.717) is 16.5 Å². The van der Waals surface area contributed by atoms with Crippen molar-refractivity contribution in [3.8, 4) is 11.5 Å². The third kappa shape index (κ3) is 4.89. The number of methoxy groups -OCH3 is 1. The molecule has 0 aromatic heterocycles. The highest BCUT2D eigenvalue weighted by molar-refractivity contribution is 6.30. The maximum Gasteiger partial charge on any atom is 0.232 e. The fourth-order valence-corrected chi connectivity index (χ4v) is 5.70. The molecule has 2 heterocycles. The number of carbonyl (C=O) groups excluding carboxylic acids is 1. The highest BCUT2D eigenvalue weighted by atomic mass is 35.5. The third-order valence-electron chi connectivity index (χ3n) is 7.73. The average Bonchev–Trinajstić information content (AvgIpc) is 2.86. The topological polar surface area (TPSA) is 62.2 Å². The van der Waals surface area contributed by atoms with Gasteiger partial charge in [0.2, 0.25) is 5.91 Å². The lowest BCUT2D eigenvalue weighted by atomic mass is 9.78. The van der Waals surface area contributed by atoms with Gasteiger partial charge < -0.3 is 24.4 Å². The van der Waals surface area contributed by atoms with Crippen LogP contribution in [-0.4, -0.2) is 49.3 Å². The van der Waals surface area contributed by atoms with Crippen molar-refractivity contribution in [3.63, 3.8) is 0 Å². The molecule has 3 aromatic carbocycles. The smallest absolute Gasteiger partial charge is 0.232 e. The summed E-state index contributed by atoms with van der Waals surface area (Å²) >= 11 is 6.22. The van der Waals surface area contributed by atoms with Gasteiger partial charge >= 0.3 is 0 Å². The van der Waals surface area contributed by atoms with Gasteiger partial charge in [-0.1, -0.05) is 35.9 Å². The molecule has 1 N–H and O–H groups in total. The molecule has 1 saturated heterocycles. The van der Waals surface area contributed by atoms with Gasteiger partial charge in [-0.25, -0.2) is 0 Å². The summed E-state index contributed by atoms with van der Waals surface area (Å²) in [6.07, 6.45) is 0.207. The minimum Gasteiger partial charge on any atom is -0.493 e. The lowest BCUT2D eigenvalue weighted by molar-refractivity contribution is -0.118. The molecule has 2 unspecified atom stereocenters. The lowest BCUT2D eigenvalue weighted by Gasteiger charge is -2.45. The summed E-state index contributed by atoms with van der Waals surface area (Å²) < 4.78 is 11.7. The zero-order chi connectivity index (χ0) is 27.2. The van der Waals surface area contributed by atoms with Crippen molar-refractivity contribution in [2.75, 3.05) is 32.1 Å². The number of anilines is 1. The fraction of sp³-hybridized carbons (Fsp3) is 0.387. The Morgan fingerprint density at radius 3 is 2.26 bits per heavy atom. The van der Waals surface area contributed by atoms with Crippen LogP contribution in [0.15, 0.2) is 60.7 Å². The van der Waals surface area contributed by atoms with E-state index in [9.17, 15) is 9.90 Å². The van der Waals surface area contributed by atoms with Crippen LogP contribution in [-0.2, 0) is 16.8 Å². The minimum atomic E-state index is -0.932. The summed E-state index contributed by atoms with van der Waals surface area (Å²) in [5.74, 6) is 1.42. The standard InChI is InChI=1S/C31H35ClN2O4/c1-19(2)38-28-16-26-21(14-27(28)37-5)15-29(35)34(30(26)20-6-10-24(32)11-7-20)25-12-8-22(9-13-25)31(3,36)23-17-33(4)18-23/h6-14,16,19,23,30,36H,15,17-18H2,1-5H3. The van der Waals surface area contributed by atoms with Crippen LogP contribution in [0.5, 0.6) is 11.5 Å². The highest BCUT2D eigenvalue weighted by Gasteiger charge is 2.41. The van der Waals surface area contributed by atoms with Crippen molar-refractivity contribution >= 4 is 23.2 Å². The molecular formula is C31H35ClN2O4. The van der Waals surface area contributed by atoms with Crippen LogP contribution in [0.2, 0.25) is 5.02 Å². The summed E-state index contributed by atoms with van der Waals surface area (Å²) in [7, 11) is 3.67. The predicted octanol–water partition coefficient (Wildman–Crippen LogP) is 5.58. The van der Waals surface area contributed by atoms with Crippen LogP contribution in [0.4, 0.5) is 5.69 Å². The lowest BCUT2D eigenvalue weighted by Crippen LogP contribution is -2.53. The molecule has 0 bridgehead atoms. The summed E-state index contributed by atoms with van der Waals surface area (Å²) in [6, 6.07) is 18.9. The van der Waals surface area contributed by atoms with Crippen LogP contribution >= 0.6 is 11.6 Å². The van der Waals surface area contributed by atoms with Gasteiger partial charge in [-0.05, 0) is 86.5 Å². The van der Waals surface area contributed by atoms with Gasteiger partial charge in [0, 0.05) is 29.7 Å². The monoisotopic (exact) mass is 534 g/mol. The molecule has 2 atom stereocenters. The number of hydrogen-bond acceptors (Lipinski definition) is 5. The first-order valence-electron chi connectivity index (χ1n) is 13.0. The zero-order valence-corrected chi connectivity index (χ0v) is 23.3. The van der Waals surface area contributed by atoms with E-state index in [0.717, 1.165) is 41.0 Å². The fourth-order valence-electron chi connectivity index (χ4n) is 5.58. The highest BCUT2D eigenvalue weighted by Crippen LogP contribution is 2.44. The Morgan fingerprint density at radius 1 is 1.03 bits per heavy atom. The van der Waals surface area contributed by atoms with Crippen molar-refractivity contribution < 1.29 is 19.4 Å². The molecule has 5 rings (SSSR count). The number of hydrogen-bond donors (Lipinski definition) is 1. The Balaban J connectivity index is 1.59. The Kier molecular flexibility index (Phi) is 7.16. The molecule has 6 nitrogen and oxygen atoms in total. The van der Waals surface area contributed by atoms with E-state index in [1.54, 1.807) is 7.11 Å². The van der Waals surface area contributed by atoms with Gasteiger partial charge in [0.05, 0.1) is 31.3 Å². The maximum absolute atomic E-state index is 13.7. The largest absolute Gasteiger partial charge is 0.493 e. The quantitative estimate of drug-likeness (QED) is 0.428. The van der Waals surface area contributed by atoms with E-state index >= 15 is 0 Å². The molecule has 0 saturated carbocycles. The number of likely N-dealkylation sites (tertiary alicyclic amines) is 1. The van der Waals surface area contributed by atoms with E-state index in [1.165, 1.54) is 0 Å². The van der Waals surface area contributed by atoms with E-state index in [1.807, 2.05) is 86.3 Å².